The van der Waals surface area contributed by atoms with Gasteiger partial charge in [-0.15, -0.1) is 0 Å². The molecule has 0 aromatic heterocycles. The number of para-hydroxylation sites is 2. The molecule has 2 fully saturated rings. The van der Waals surface area contributed by atoms with Crippen molar-refractivity contribution in [1.29, 1.82) is 0 Å². The third-order valence-corrected chi connectivity index (χ3v) is 8.62. The molecular weight excluding hydrogens is 566 g/mol. The first-order valence-electron chi connectivity index (χ1n) is 15.7. The van der Waals surface area contributed by atoms with E-state index in [-0.39, 0.29) is 11.8 Å². The lowest BCUT2D eigenvalue weighted by atomic mass is 10.0. The van der Waals surface area contributed by atoms with Gasteiger partial charge in [-0.05, 0) is 60.1 Å². The molecule has 2 amide bonds. The Morgan fingerprint density at radius 3 is 2.27 bits per heavy atom. The molecule has 0 unspecified atom stereocenters. The number of anilines is 3. The van der Waals surface area contributed by atoms with Crippen LogP contribution in [0.4, 0.5) is 17.1 Å². The van der Waals surface area contributed by atoms with Crippen molar-refractivity contribution in [1.82, 2.24) is 10.2 Å². The maximum Gasteiger partial charge on any atom is 0.256 e. The van der Waals surface area contributed by atoms with Gasteiger partial charge in [0.25, 0.3) is 11.8 Å². The van der Waals surface area contributed by atoms with Gasteiger partial charge < -0.3 is 29.9 Å². The molecule has 0 saturated carbocycles. The maximum absolute atomic E-state index is 13.7. The van der Waals surface area contributed by atoms with E-state index in [2.05, 4.69) is 31.4 Å². The average molecular weight is 608 g/mol. The van der Waals surface area contributed by atoms with Crippen LogP contribution in [0.25, 0.3) is 10.8 Å². The summed E-state index contributed by atoms with van der Waals surface area (Å²) in [5.41, 5.74) is 3.68. The van der Waals surface area contributed by atoms with Crippen LogP contribution in [0.15, 0.2) is 84.9 Å². The summed E-state index contributed by atoms with van der Waals surface area (Å²) in [7, 11) is 1.70. The van der Waals surface area contributed by atoms with Gasteiger partial charge in [-0.25, -0.2) is 0 Å². The van der Waals surface area contributed by atoms with Crippen molar-refractivity contribution in [2.24, 2.45) is 0 Å². The van der Waals surface area contributed by atoms with Gasteiger partial charge in [0, 0.05) is 62.8 Å². The molecule has 2 aliphatic rings. The minimum absolute atomic E-state index is 0.139. The summed E-state index contributed by atoms with van der Waals surface area (Å²) in [6.45, 7) is 7.95. The molecule has 2 aliphatic heterocycles. The highest BCUT2D eigenvalue weighted by Crippen LogP contribution is 2.31. The molecule has 2 saturated heterocycles. The maximum atomic E-state index is 13.7. The number of nitrogens with zero attached hydrogens (tertiary/aromatic N) is 3. The van der Waals surface area contributed by atoms with Gasteiger partial charge in [0.1, 0.15) is 5.75 Å². The van der Waals surface area contributed by atoms with Gasteiger partial charge in [-0.2, -0.15) is 0 Å². The first-order valence-corrected chi connectivity index (χ1v) is 15.7. The molecule has 4 aromatic carbocycles. The quantitative estimate of drug-likeness (QED) is 0.249. The number of carbonyl (C=O) groups excluding carboxylic acids is 2. The first kappa shape index (κ1) is 30.4. The second-order valence-corrected chi connectivity index (χ2v) is 11.4. The second-order valence-electron chi connectivity index (χ2n) is 11.4. The van der Waals surface area contributed by atoms with Gasteiger partial charge in [-0.3, -0.25) is 14.5 Å². The van der Waals surface area contributed by atoms with E-state index in [4.69, 9.17) is 9.47 Å². The van der Waals surface area contributed by atoms with E-state index in [0.29, 0.717) is 23.4 Å². The standard InChI is InChI=1S/C36H41N5O4/c1-44-34-13-5-4-12-33(34)41-20-18-40(19-21-41)32-15-14-28(38-36(43)30-11-6-9-27-8-2-3-10-29(27)30)26-31(32)35(42)37-16-7-17-39-22-24-45-25-23-39/h2-6,8-15,26H,7,16-25H2,1H3,(H,37,42)(H,38,43). The summed E-state index contributed by atoms with van der Waals surface area (Å²) in [6.07, 6.45) is 0.857. The predicted molar refractivity (Wildman–Crippen MR) is 180 cm³/mol. The minimum Gasteiger partial charge on any atom is -0.495 e. The molecule has 0 radical (unpaired) electrons. The van der Waals surface area contributed by atoms with E-state index in [1.165, 1.54) is 0 Å². The van der Waals surface area contributed by atoms with E-state index in [9.17, 15) is 9.59 Å². The van der Waals surface area contributed by atoms with E-state index in [1.807, 2.05) is 78.9 Å². The zero-order chi connectivity index (χ0) is 31.0. The number of ether oxygens (including phenoxy) is 2. The number of hydrogen-bond donors (Lipinski definition) is 2. The Hall–Kier alpha value is -4.60. The Morgan fingerprint density at radius 1 is 0.756 bits per heavy atom. The molecule has 234 valence electrons. The normalized spacial score (nSPS) is 15.6. The highest BCUT2D eigenvalue weighted by molar-refractivity contribution is 6.13. The number of rotatable bonds is 10. The highest BCUT2D eigenvalue weighted by Gasteiger charge is 2.24. The van der Waals surface area contributed by atoms with Crippen molar-refractivity contribution in [3.63, 3.8) is 0 Å². The van der Waals surface area contributed by atoms with Crippen molar-refractivity contribution in [3.8, 4) is 5.75 Å². The number of carbonyl (C=O) groups is 2. The zero-order valence-electron chi connectivity index (χ0n) is 25.8. The van der Waals surface area contributed by atoms with Crippen LogP contribution in [0.2, 0.25) is 0 Å². The fraction of sp³-hybridized carbons (Fsp3) is 0.333. The van der Waals surface area contributed by atoms with Crippen molar-refractivity contribution in [2.75, 3.05) is 87.8 Å². The summed E-state index contributed by atoms with van der Waals surface area (Å²) >= 11 is 0. The summed E-state index contributed by atoms with van der Waals surface area (Å²) in [5.74, 6) is 0.511. The van der Waals surface area contributed by atoms with Gasteiger partial charge >= 0.3 is 0 Å². The van der Waals surface area contributed by atoms with E-state index >= 15 is 0 Å². The fourth-order valence-corrected chi connectivity index (χ4v) is 6.20. The van der Waals surface area contributed by atoms with E-state index in [1.54, 1.807) is 7.11 Å². The SMILES string of the molecule is COc1ccccc1N1CCN(c2ccc(NC(=O)c3cccc4ccccc34)cc2C(=O)NCCCN2CCOCC2)CC1. The Balaban J connectivity index is 1.19. The molecule has 0 atom stereocenters. The van der Waals surface area contributed by atoms with Gasteiger partial charge in [-0.1, -0.05) is 48.5 Å². The molecule has 0 bridgehead atoms. The third kappa shape index (κ3) is 7.21. The van der Waals surface area contributed by atoms with Crippen LogP contribution in [0.3, 0.4) is 0 Å². The number of morpholine rings is 1. The third-order valence-electron chi connectivity index (χ3n) is 8.62. The zero-order valence-corrected chi connectivity index (χ0v) is 25.8. The summed E-state index contributed by atoms with van der Waals surface area (Å²) in [5, 5.41) is 8.08. The Morgan fingerprint density at radius 2 is 1.47 bits per heavy atom. The Labute approximate surface area is 264 Å². The van der Waals surface area contributed by atoms with Crippen LogP contribution in [0.5, 0.6) is 5.75 Å². The smallest absolute Gasteiger partial charge is 0.256 e. The molecule has 9 nitrogen and oxygen atoms in total. The lowest BCUT2D eigenvalue weighted by Gasteiger charge is -2.38. The largest absolute Gasteiger partial charge is 0.495 e. The van der Waals surface area contributed by atoms with Crippen molar-refractivity contribution in [2.45, 2.75) is 6.42 Å². The van der Waals surface area contributed by atoms with Crippen LogP contribution >= 0.6 is 0 Å². The van der Waals surface area contributed by atoms with Crippen LogP contribution in [-0.2, 0) is 4.74 Å². The molecule has 45 heavy (non-hydrogen) atoms. The number of amides is 2. The average Bonchev–Trinajstić information content (AvgIpc) is 3.10. The first-order chi connectivity index (χ1) is 22.1. The summed E-state index contributed by atoms with van der Waals surface area (Å²) in [4.78, 5) is 34.1. The van der Waals surface area contributed by atoms with Crippen molar-refractivity contribution < 1.29 is 19.1 Å². The van der Waals surface area contributed by atoms with Gasteiger partial charge in [0.2, 0.25) is 0 Å². The molecule has 9 heteroatoms. The van der Waals surface area contributed by atoms with Crippen LogP contribution in [-0.4, -0.2) is 89.4 Å². The Kier molecular flexibility index (Phi) is 9.77. The summed E-state index contributed by atoms with van der Waals surface area (Å²) in [6, 6.07) is 27.3. The van der Waals surface area contributed by atoms with E-state index < -0.39 is 0 Å². The molecule has 2 N–H and O–H groups in total. The number of piperazine rings is 1. The molecule has 2 heterocycles. The monoisotopic (exact) mass is 607 g/mol. The van der Waals surface area contributed by atoms with Gasteiger partial charge in [0.15, 0.2) is 0 Å². The second kappa shape index (κ2) is 14.5. The molecule has 0 spiro atoms. The van der Waals surface area contributed by atoms with Crippen LogP contribution in [0.1, 0.15) is 27.1 Å². The highest BCUT2D eigenvalue weighted by atomic mass is 16.5. The van der Waals surface area contributed by atoms with E-state index in [0.717, 1.165) is 93.3 Å². The molecule has 6 rings (SSSR count). The fourth-order valence-electron chi connectivity index (χ4n) is 6.20. The Bertz CT molecular complexity index is 1620. The number of nitrogens with one attached hydrogen (secondary N) is 2. The van der Waals surface area contributed by atoms with Crippen LogP contribution < -0.4 is 25.2 Å². The number of fused-ring (bicyclic) bond motifs is 1. The number of benzene rings is 4. The van der Waals surface area contributed by atoms with Crippen molar-refractivity contribution in [3.05, 3.63) is 96.1 Å². The lowest BCUT2D eigenvalue weighted by molar-refractivity contribution is 0.0374. The topological polar surface area (TPSA) is 86.4 Å². The lowest BCUT2D eigenvalue weighted by Crippen LogP contribution is -2.47. The van der Waals surface area contributed by atoms with Gasteiger partial charge in [0.05, 0.1) is 31.6 Å². The van der Waals surface area contributed by atoms with Crippen LogP contribution in [0, 0.1) is 0 Å². The molecule has 0 aliphatic carbocycles. The summed E-state index contributed by atoms with van der Waals surface area (Å²) < 4.78 is 11.0. The predicted octanol–water partition coefficient (Wildman–Crippen LogP) is 4.88. The number of hydrogen-bond acceptors (Lipinski definition) is 7. The molecular formula is C36H41N5O4. The number of methoxy groups -OCH3 is 1. The minimum atomic E-state index is -0.207. The molecule has 4 aromatic rings. The van der Waals surface area contributed by atoms with Crippen molar-refractivity contribution >= 4 is 39.6 Å².